The summed E-state index contributed by atoms with van der Waals surface area (Å²) >= 11 is 0. The van der Waals surface area contributed by atoms with Crippen LogP contribution in [0.5, 0.6) is 0 Å². The fourth-order valence-electron chi connectivity index (χ4n) is 13.3. The van der Waals surface area contributed by atoms with Crippen molar-refractivity contribution in [1.82, 2.24) is 4.90 Å². The van der Waals surface area contributed by atoms with Gasteiger partial charge < -0.3 is 79.7 Å². The lowest BCUT2D eigenvalue weighted by atomic mass is 9.87. The minimum atomic E-state index is -2.89. The molecule has 462 valence electrons. The molecule has 2 fully saturated rings. The Labute approximate surface area is 480 Å². The van der Waals surface area contributed by atoms with Crippen LogP contribution in [0.1, 0.15) is 64.7 Å². The van der Waals surface area contributed by atoms with Crippen molar-refractivity contribution in [3.05, 3.63) is 0 Å². The number of rotatable bonds is 49. The number of hydrogen-bond acceptors (Lipinski definition) is 20. The van der Waals surface area contributed by atoms with Crippen molar-refractivity contribution in [2.45, 2.75) is 149 Å². The number of likely N-dealkylation sites (tertiary alicyclic amines) is 1. The summed E-state index contributed by atoms with van der Waals surface area (Å²) in [7, 11) is 8.05. The molecule has 1 heterocycles. The van der Waals surface area contributed by atoms with E-state index in [1.54, 1.807) is 133 Å². The molecule has 1 saturated carbocycles. The lowest BCUT2D eigenvalue weighted by Crippen LogP contribution is -2.45. The summed E-state index contributed by atoms with van der Waals surface area (Å²) in [6.07, 6.45) is 7.67. The number of hydrogen-bond donors (Lipinski definition) is 0. The van der Waals surface area contributed by atoms with Gasteiger partial charge in [0.15, 0.2) is 0 Å². The van der Waals surface area contributed by atoms with Crippen LogP contribution < -0.4 is 0 Å². The Hall–Kier alpha value is 0.155. The molecule has 21 nitrogen and oxygen atoms in total. The van der Waals surface area contributed by atoms with Gasteiger partial charge in [-0.2, -0.15) is 0 Å². The van der Waals surface area contributed by atoms with E-state index in [2.05, 4.69) is 0 Å². The van der Waals surface area contributed by atoms with E-state index in [1.807, 2.05) is 6.92 Å². The zero-order chi connectivity index (χ0) is 58.7. The number of fused-ring (bicyclic) bond motifs is 1. The Morgan fingerprint density at radius 1 is 0.308 bits per heavy atom. The van der Waals surface area contributed by atoms with Crippen molar-refractivity contribution in [2.24, 2.45) is 23.7 Å². The molecule has 0 aromatic heterocycles. The van der Waals surface area contributed by atoms with E-state index in [0.29, 0.717) is 42.8 Å². The highest BCUT2D eigenvalue weighted by Crippen LogP contribution is 2.53. The van der Waals surface area contributed by atoms with Crippen molar-refractivity contribution in [3.8, 4) is 0 Å². The summed E-state index contributed by atoms with van der Waals surface area (Å²) in [5.41, 5.74) is 0. The Bertz CT molecular complexity index is 1370. The van der Waals surface area contributed by atoms with Gasteiger partial charge in [-0.05, 0) is 25.2 Å². The van der Waals surface area contributed by atoms with E-state index in [4.69, 9.17) is 79.7 Å². The SMILES string of the molecule is CCN1C(=O)C2C(CC[Si](CCC[Si](OC)(OC)OC)(CCC[Si](OC)(OC)OC)CCC[Si](OC)(OC)OC)CC(CC[Si](CCC[Si](OC)(OC)OC)(CCC[Si](OC)(OC)OC)CCC[Si](OC)(OC)OC)C2C1=O. The molecule has 1 aliphatic carbocycles. The van der Waals surface area contributed by atoms with Gasteiger partial charge in [0, 0.05) is 171 Å². The molecule has 0 radical (unpaired) electrons. The van der Waals surface area contributed by atoms with Crippen LogP contribution in [0, 0.1) is 23.7 Å². The molecule has 1 saturated heterocycles. The Balaban J connectivity index is 2.79. The largest absolute Gasteiger partial charge is 0.500 e. The molecule has 4 unspecified atom stereocenters. The second kappa shape index (κ2) is 36.2. The van der Waals surface area contributed by atoms with Gasteiger partial charge in [-0.15, -0.1) is 0 Å². The smallest absolute Gasteiger partial charge is 0.377 e. The second-order valence-corrected chi connectivity index (χ2v) is 49.7. The van der Waals surface area contributed by atoms with E-state index in [0.717, 1.165) is 106 Å². The monoisotopic (exact) mass is 1260 g/mol. The highest BCUT2D eigenvalue weighted by Gasteiger charge is 2.58. The van der Waals surface area contributed by atoms with Crippen molar-refractivity contribution in [3.63, 3.8) is 0 Å². The topological polar surface area (TPSA) is 204 Å². The minimum Gasteiger partial charge on any atom is -0.377 e. The van der Waals surface area contributed by atoms with Crippen molar-refractivity contribution in [2.75, 3.05) is 135 Å². The zero-order valence-corrected chi connectivity index (χ0v) is 59.9. The molecule has 2 aliphatic rings. The maximum absolute atomic E-state index is 14.7. The Kier molecular flexibility index (Phi) is 34.5. The van der Waals surface area contributed by atoms with Crippen LogP contribution in [0.3, 0.4) is 0 Å². The summed E-state index contributed by atoms with van der Waals surface area (Å²) in [4.78, 5) is 31.0. The number of nitrogens with zero attached hydrogens (tertiary/aromatic N) is 1. The van der Waals surface area contributed by atoms with Gasteiger partial charge in [-0.1, -0.05) is 99.7 Å². The van der Waals surface area contributed by atoms with Crippen LogP contribution in [-0.2, 0) is 89.3 Å². The summed E-state index contributed by atoms with van der Waals surface area (Å²) in [5.74, 6) is -0.670. The molecular weight excluding hydrogens is 1150 g/mol. The highest BCUT2D eigenvalue weighted by molar-refractivity contribution is 6.81. The molecule has 0 aromatic rings. The van der Waals surface area contributed by atoms with Gasteiger partial charge in [0.05, 0.1) is 28.0 Å². The normalized spacial score (nSPS) is 19.2. The van der Waals surface area contributed by atoms with Crippen LogP contribution in [0.15, 0.2) is 0 Å². The quantitative estimate of drug-likeness (QED) is 0.0414. The highest BCUT2D eigenvalue weighted by atomic mass is 28.4. The third-order valence-electron chi connectivity index (χ3n) is 18.3. The van der Waals surface area contributed by atoms with Gasteiger partial charge >= 0.3 is 52.8 Å². The van der Waals surface area contributed by atoms with Crippen LogP contribution in [0.4, 0.5) is 0 Å². The van der Waals surface area contributed by atoms with E-state index in [1.165, 1.54) is 0 Å². The molecule has 0 spiro atoms. The number of imide groups is 1. The zero-order valence-electron chi connectivity index (χ0n) is 51.9. The van der Waals surface area contributed by atoms with Crippen molar-refractivity contribution < 1.29 is 89.3 Å². The summed E-state index contributed by atoms with van der Waals surface area (Å²) in [6.45, 7) is 2.28. The van der Waals surface area contributed by atoms with E-state index in [9.17, 15) is 9.59 Å². The predicted octanol–water partition coefficient (Wildman–Crippen LogP) is 8.53. The number of carbonyl (C=O) groups excluding carboxylic acids is 2. The average molecular weight is 1260 g/mol. The van der Waals surface area contributed by atoms with Gasteiger partial charge in [-0.3, -0.25) is 14.5 Å². The van der Waals surface area contributed by atoms with E-state index >= 15 is 0 Å². The van der Waals surface area contributed by atoms with Gasteiger partial charge in [0.25, 0.3) is 0 Å². The molecule has 0 N–H and O–H groups in total. The Morgan fingerprint density at radius 3 is 0.641 bits per heavy atom. The van der Waals surface area contributed by atoms with Gasteiger partial charge in [-0.25, -0.2) is 0 Å². The van der Waals surface area contributed by atoms with Crippen LogP contribution in [-0.4, -0.2) is 220 Å². The molecule has 0 aromatic carbocycles. The van der Waals surface area contributed by atoms with Gasteiger partial charge in [0.2, 0.25) is 11.8 Å². The van der Waals surface area contributed by atoms with Crippen LogP contribution in [0.25, 0.3) is 0 Å². The van der Waals surface area contributed by atoms with Gasteiger partial charge in [0.1, 0.15) is 0 Å². The fourth-order valence-corrected chi connectivity index (χ4v) is 36.2. The molecule has 1 aliphatic heterocycles. The van der Waals surface area contributed by atoms with Crippen LogP contribution >= 0.6 is 0 Å². The molecule has 4 atom stereocenters. The Morgan fingerprint density at radius 2 is 0.487 bits per heavy atom. The third-order valence-corrected chi connectivity index (χ3v) is 46.4. The first-order chi connectivity index (χ1) is 37.3. The fraction of sp³-hybridized carbons (Fsp3) is 0.959. The summed E-state index contributed by atoms with van der Waals surface area (Å²) in [5, 5.41) is 0. The molecule has 29 heteroatoms. The summed E-state index contributed by atoms with van der Waals surface area (Å²) < 4.78 is 107. The average Bonchev–Trinajstić information content (AvgIpc) is 3.99. The maximum atomic E-state index is 14.7. The van der Waals surface area contributed by atoms with Crippen molar-refractivity contribution >= 4 is 80.8 Å². The van der Waals surface area contributed by atoms with E-state index in [-0.39, 0.29) is 35.5 Å². The standard InChI is InChI=1S/C49H109NO20Si8/c1-20-50-48(51)46-44(27-41-71(29-21-35-73(53-2,54-3)55-4,30-22-36-74(56-5,57-6)58-7)31-23-37-75(59-8,60-9)61-10)43-45(47(46)49(50)52)28-42-72(32-24-38-76(62-11,63-12)64-13,33-25-39-77(65-14,66-15)67-16)34-26-40-78(68-17,69-18)70-19/h44-47H,20-43H2,1-19H3. The summed E-state index contributed by atoms with van der Waals surface area (Å²) in [6, 6.07) is 11.9. The second-order valence-electron chi connectivity index (χ2n) is 21.2. The lowest BCUT2D eigenvalue weighted by molar-refractivity contribution is -0.140. The maximum Gasteiger partial charge on any atom is 0.500 e. The van der Waals surface area contributed by atoms with Crippen LogP contribution in [0.2, 0.25) is 84.6 Å². The molecule has 78 heavy (non-hydrogen) atoms. The first kappa shape index (κ1) is 74.3. The lowest BCUT2D eigenvalue weighted by Gasteiger charge is -2.37. The third kappa shape index (κ3) is 19.6. The first-order valence-corrected chi connectivity index (χ1v) is 45.3. The molecular formula is C49H109NO20Si8. The van der Waals surface area contributed by atoms with Crippen molar-refractivity contribution in [1.29, 1.82) is 0 Å². The molecule has 0 bridgehead atoms. The molecule has 2 rings (SSSR count). The predicted molar refractivity (Wildman–Crippen MR) is 317 cm³/mol. The molecule has 2 amide bonds. The minimum absolute atomic E-state index is 0.0148. The first-order valence-electron chi connectivity index (χ1n) is 28.1. The number of amides is 2. The van der Waals surface area contributed by atoms with E-state index < -0.39 is 69.0 Å². The number of carbonyl (C=O) groups is 2.